The maximum Gasteiger partial charge on any atom is 0.342 e. The fourth-order valence-corrected chi connectivity index (χ4v) is 4.93. The molecule has 0 saturated heterocycles. The number of hydrazine groups is 1. The average molecular weight is 481 g/mol. The summed E-state index contributed by atoms with van der Waals surface area (Å²) in [5.41, 5.74) is 6.47. The van der Waals surface area contributed by atoms with E-state index in [2.05, 4.69) is 62.0 Å². The highest BCUT2D eigenvalue weighted by Crippen LogP contribution is 2.41. The number of aromatic nitrogens is 4. The van der Waals surface area contributed by atoms with Gasteiger partial charge in [0.05, 0.1) is 6.04 Å². The summed E-state index contributed by atoms with van der Waals surface area (Å²) in [5, 5.41) is 18.3. The molecule has 0 bridgehead atoms. The number of rotatable bonds is 5. The lowest BCUT2D eigenvalue weighted by Crippen LogP contribution is -2.52. The van der Waals surface area contributed by atoms with Crippen molar-refractivity contribution in [2.75, 3.05) is 14.1 Å². The van der Waals surface area contributed by atoms with Crippen molar-refractivity contribution in [1.82, 2.24) is 35.5 Å². The lowest BCUT2D eigenvalue weighted by Gasteiger charge is -2.39. The molecular formula is C27H28N8O. The fourth-order valence-electron chi connectivity index (χ4n) is 4.93. The summed E-state index contributed by atoms with van der Waals surface area (Å²) < 4.78 is 0. The van der Waals surface area contributed by atoms with Gasteiger partial charge in [-0.3, -0.25) is 5.01 Å². The summed E-state index contributed by atoms with van der Waals surface area (Å²) in [6.45, 7) is 2.01. The largest absolute Gasteiger partial charge is 0.342 e. The highest BCUT2D eigenvalue weighted by Gasteiger charge is 2.44. The lowest BCUT2D eigenvalue weighted by molar-refractivity contribution is 0.0592. The van der Waals surface area contributed by atoms with Crippen LogP contribution in [-0.2, 0) is 6.42 Å². The molecule has 3 heterocycles. The van der Waals surface area contributed by atoms with Crippen molar-refractivity contribution in [1.29, 1.82) is 0 Å². The van der Waals surface area contributed by atoms with Crippen LogP contribution in [0.2, 0.25) is 0 Å². The van der Waals surface area contributed by atoms with Gasteiger partial charge in [-0.1, -0.05) is 48.5 Å². The van der Waals surface area contributed by atoms with Crippen LogP contribution in [0.4, 0.5) is 4.79 Å². The van der Waals surface area contributed by atoms with E-state index in [9.17, 15) is 4.79 Å². The van der Waals surface area contributed by atoms with E-state index in [-0.39, 0.29) is 12.1 Å². The van der Waals surface area contributed by atoms with Gasteiger partial charge in [-0.15, -0.1) is 10.2 Å². The van der Waals surface area contributed by atoms with Gasteiger partial charge in [0.1, 0.15) is 5.82 Å². The van der Waals surface area contributed by atoms with Crippen LogP contribution >= 0.6 is 0 Å². The summed E-state index contributed by atoms with van der Waals surface area (Å²) >= 11 is 0. The molecule has 1 N–H and O–H groups in total. The molecule has 1 atom stereocenters. The van der Waals surface area contributed by atoms with Crippen molar-refractivity contribution in [2.24, 2.45) is 10.9 Å². The highest BCUT2D eigenvalue weighted by atomic mass is 16.2. The monoisotopic (exact) mass is 480 g/mol. The molecule has 182 valence electrons. The smallest absolute Gasteiger partial charge is 0.329 e. The van der Waals surface area contributed by atoms with E-state index < -0.39 is 0 Å². The summed E-state index contributed by atoms with van der Waals surface area (Å²) in [4.78, 5) is 19.7. The highest BCUT2D eigenvalue weighted by molar-refractivity contribution is 5.97. The third-order valence-corrected chi connectivity index (χ3v) is 6.81. The zero-order chi connectivity index (χ0) is 24.8. The molecule has 1 unspecified atom stereocenters. The number of hydrogen-bond acceptors (Lipinski definition) is 6. The first-order chi connectivity index (χ1) is 17.5. The van der Waals surface area contributed by atoms with Gasteiger partial charge in [0.15, 0.2) is 0 Å². The molecule has 9 heteroatoms. The first kappa shape index (κ1) is 22.2. The van der Waals surface area contributed by atoms with Gasteiger partial charge >= 0.3 is 6.03 Å². The third kappa shape index (κ3) is 3.96. The Morgan fingerprint density at radius 3 is 2.50 bits per heavy atom. The van der Waals surface area contributed by atoms with E-state index in [1.165, 1.54) is 11.3 Å². The van der Waals surface area contributed by atoms with Crippen LogP contribution in [0.15, 0.2) is 77.2 Å². The minimum Gasteiger partial charge on any atom is -0.329 e. The van der Waals surface area contributed by atoms with E-state index in [1.807, 2.05) is 31.3 Å². The van der Waals surface area contributed by atoms with E-state index in [0.717, 1.165) is 47.3 Å². The predicted octanol–water partition coefficient (Wildman–Crippen LogP) is 4.27. The molecule has 0 radical (unpaired) electrons. The van der Waals surface area contributed by atoms with Crippen molar-refractivity contribution in [2.45, 2.75) is 32.2 Å². The molecule has 36 heavy (non-hydrogen) atoms. The number of fused-ring (bicyclic) bond motifs is 1. The zero-order valence-electron chi connectivity index (χ0n) is 20.6. The molecule has 6 rings (SSSR count). The second-order valence-electron chi connectivity index (χ2n) is 9.75. The molecule has 3 aromatic rings. The van der Waals surface area contributed by atoms with Crippen LogP contribution in [0.25, 0.3) is 22.5 Å². The van der Waals surface area contributed by atoms with Crippen molar-refractivity contribution < 1.29 is 4.79 Å². The van der Waals surface area contributed by atoms with Crippen molar-refractivity contribution in [3.8, 4) is 22.5 Å². The van der Waals surface area contributed by atoms with Crippen LogP contribution in [0.5, 0.6) is 0 Å². The predicted molar refractivity (Wildman–Crippen MR) is 137 cm³/mol. The number of carbonyl (C=O) groups is 1. The molecule has 2 amide bonds. The Morgan fingerprint density at radius 2 is 1.83 bits per heavy atom. The number of carbonyl (C=O) groups excluding carboxylic acids is 1. The van der Waals surface area contributed by atoms with Gasteiger partial charge < -0.3 is 4.90 Å². The number of allylic oxidation sites excluding steroid dienone is 2. The topological polar surface area (TPSA) is 93.6 Å². The van der Waals surface area contributed by atoms with Gasteiger partial charge in [-0.2, -0.15) is 5.21 Å². The summed E-state index contributed by atoms with van der Waals surface area (Å²) in [5.74, 6) is 1.92. The normalized spacial score (nSPS) is 19.0. The van der Waals surface area contributed by atoms with Gasteiger partial charge in [0, 0.05) is 38.0 Å². The van der Waals surface area contributed by atoms with Crippen LogP contribution in [-0.4, -0.2) is 67.4 Å². The lowest BCUT2D eigenvalue weighted by atomic mass is 9.95. The second kappa shape index (κ2) is 8.75. The van der Waals surface area contributed by atoms with Crippen molar-refractivity contribution in [3.05, 3.63) is 77.8 Å². The Kier molecular flexibility index (Phi) is 5.40. The van der Waals surface area contributed by atoms with Gasteiger partial charge in [0.25, 0.3) is 0 Å². The molecule has 0 spiro atoms. The number of urea groups is 1. The SMILES string of the molecule is CC1=CN(C(=O)N(C)C)N2C(=C1)N=C(C1CC1)C2Cc1ccc(-c2ccccc2-c2nn[nH]n2)cc1. The van der Waals surface area contributed by atoms with Crippen LogP contribution in [0, 0.1) is 5.92 Å². The molecule has 1 aromatic heterocycles. The number of H-pyrrole nitrogens is 1. The van der Waals surface area contributed by atoms with Crippen LogP contribution < -0.4 is 0 Å². The number of aromatic amines is 1. The number of tetrazole rings is 1. The maximum atomic E-state index is 13.1. The Bertz CT molecular complexity index is 1380. The zero-order valence-corrected chi connectivity index (χ0v) is 20.6. The van der Waals surface area contributed by atoms with Crippen molar-refractivity contribution in [3.63, 3.8) is 0 Å². The minimum atomic E-state index is -0.0781. The number of nitrogens with one attached hydrogen (secondary N) is 1. The number of amides is 2. The summed E-state index contributed by atoms with van der Waals surface area (Å²) in [6.07, 6.45) is 7.07. The quantitative estimate of drug-likeness (QED) is 0.589. The van der Waals surface area contributed by atoms with E-state index >= 15 is 0 Å². The van der Waals surface area contributed by atoms with Crippen LogP contribution in [0.3, 0.4) is 0 Å². The first-order valence-corrected chi connectivity index (χ1v) is 12.2. The van der Waals surface area contributed by atoms with E-state index in [1.54, 1.807) is 24.0 Å². The molecule has 3 aliphatic rings. The summed E-state index contributed by atoms with van der Waals surface area (Å²) in [7, 11) is 3.56. The molecular weight excluding hydrogens is 452 g/mol. The molecule has 9 nitrogen and oxygen atoms in total. The Morgan fingerprint density at radius 1 is 1.08 bits per heavy atom. The molecule has 1 fully saturated rings. The number of hydrogen-bond donors (Lipinski definition) is 1. The molecule has 2 aromatic carbocycles. The van der Waals surface area contributed by atoms with Gasteiger partial charge in [-0.05, 0) is 59.2 Å². The Hall–Kier alpha value is -4.27. The maximum absolute atomic E-state index is 13.1. The van der Waals surface area contributed by atoms with Crippen LogP contribution in [0.1, 0.15) is 25.3 Å². The number of nitrogens with zero attached hydrogens (tertiary/aromatic N) is 7. The molecule has 1 aliphatic carbocycles. The van der Waals surface area contributed by atoms with Gasteiger partial charge in [0.2, 0.25) is 5.82 Å². The average Bonchev–Trinajstić information content (AvgIpc) is 3.45. The van der Waals surface area contributed by atoms with Crippen molar-refractivity contribution >= 4 is 11.7 Å². The van der Waals surface area contributed by atoms with E-state index in [0.29, 0.717) is 11.7 Å². The Balaban J connectivity index is 1.30. The minimum absolute atomic E-state index is 0.00877. The number of aliphatic imine (C=N–C) groups is 1. The standard InChI is InChI=1S/C27H28N8O/c1-17-14-24-28-25(20-12-13-20)23(35(24)34(16-17)27(36)33(2)3)15-18-8-10-19(11-9-18)21-6-4-5-7-22(21)26-29-31-32-30-26/h4-11,14,16,20,23H,12-13,15H2,1-3H3,(H,29,30,31,32). The second-order valence-corrected chi connectivity index (χ2v) is 9.75. The summed E-state index contributed by atoms with van der Waals surface area (Å²) in [6, 6.07) is 16.6. The number of benzene rings is 2. The first-order valence-electron chi connectivity index (χ1n) is 12.2. The Labute approximate surface area is 209 Å². The third-order valence-electron chi connectivity index (χ3n) is 6.81. The molecule has 2 aliphatic heterocycles. The molecule has 1 saturated carbocycles. The van der Waals surface area contributed by atoms with E-state index in [4.69, 9.17) is 4.99 Å². The van der Waals surface area contributed by atoms with Gasteiger partial charge in [-0.25, -0.2) is 14.8 Å². The fraction of sp³-hybridized carbons (Fsp3) is 0.296.